The summed E-state index contributed by atoms with van der Waals surface area (Å²) in [5.74, 6) is 0. The van der Waals surface area contributed by atoms with Crippen molar-refractivity contribution in [2.24, 2.45) is 7.05 Å². The van der Waals surface area contributed by atoms with E-state index in [0.717, 1.165) is 17.0 Å². The normalized spacial score (nSPS) is 12.9. The SMILES string of the molecule is CCNC(c1cnn(C)c1)c1cnns1. The van der Waals surface area contributed by atoms with Crippen LogP contribution in [0.1, 0.15) is 23.4 Å². The summed E-state index contributed by atoms with van der Waals surface area (Å²) in [6.07, 6.45) is 5.67. The van der Waals surface area contributed by atoms with E-state index < -0.39 is 0 Å². The molecule has 0 aliphatic rings. The molecule has 5 nitrogen and oxygen atoms in total. The van der Waals surface area contributed by atoms with Crippen LogP contribution in [0.4, 0.5) is 0 Å². The lowest BCUT2D eigenvalue weighted by Gasteiger charge is -2.12. The van der Waals surface area contributed by atoms with E-state index in [-0.39, 0.29) is 6.04 Å². The van der Waals surface area contributed by atoms with Crippen molar-refractivity contribution < 1.29 is 0 Å². The van der Waals surface area contributed by atoms with E-state index in [9.17, 15) is 0 Å². The summed E-state index contributed by atoms with van der Waals surface area (Å²) in [6.45, 7) is 2.98. The van der Waals surface area contributed by atoms with Gasteiger partial charge in [-0.2, -0.15) is 5.10 Å². The third-order valence-corrected chi connectivity index (χ3v) is 2.86. The quantitative estimate of drug-likeness (QED) is 0.839. The molecule has 0 saturated heterocycles. The van der Waals surface area contributed by atoms with Crippen LogP contribution in [-0.4, -0.2) is 25.9 Å². The molecule has 0 amide bonds. The Morgan fingerprint density at radius 3 is 2.93 bits per heavy atom. The summed E-state index contributed by atoms with van der Waals surface area (Å²) in [5.41, 5.74) is 1.14. The number of hydrogen-bond donors (Lipinski definition) is 1. The van der Waals surface area contributed by atoms with E-state index in [1.165, 1.54) is 11.5 Å². The summed E-state index contributed by atoms with van der Waals surface area (Å²) in [6, 6.07) is 0.156. The van der Waals surface area contributed by atoms with Gasteiger partial charge in [-0.1, -0.05) is 11.4 Å². The summed E-state index contributed by atoms with van der Waals surface area (Å²) in [4.78, 5) is 1.12. The minimum Gasteiger partial charge on any atom is -0.306 e. The molecule has 2 rings (SSSR count). The first-order valence-electron chi connectivity index (χ1n) is 4.80. The van der Waals surface area contributed by atoms with Crippen molar-refractivity contribution in [3.8, 4) is 0 Å². The molecule has 0 fully saturated rings. The summed E-state index contributed by atoms with van der Waals surface area (Å²) in [5, 5.41) is 11.4. The molecule has 0 saturated carbocycles. The Morgan fingerprint density at radius 2 is 2.40 bits per heavy atom. The molecule has 0 radical (unpaired) electrons. The Balaban J connectivity index is 2.27. The zero-order valence-corrected chi connectivity index (χ0v) is 9.53. The standard InChI is InChI=1S/C9H13N5S/c1-3-10-9(8-5-11-13-15-8)7-4-12-14(2)6-7/h4-6,9-10H,3H2,1-2H3. The second kappa shape index (κ2) is 4.50. The molecule has 0 aliphatic carbocycles. The molecule has 0 bridgehead atoms. The minimum atomic E-state index is 0.156. The second-order valence-electron chi connectivity index (χ2n) is 3.26. The van der Waals surface area contributed by atoms with E-state index in [4.69, 9.17) is 0 Å². The van der Waals surface area contributed by atoms with Gasteiger partial charge in [0.25, 0.3) is 0 Å². The van der Waals surface area contributed by atoms with Gasteiger partial charge in [0.1, 0.15) is 0 Å². The van der Waals surface area contributed by atoms with Gasteiger partial charge in [0, 0.05) is 18.8 Å². The Bertz CT molecular complexity index is 408. The van der Waals surface area contributed by atoms with Crippen LogP contribution in [-0.2, 0) is 7.05 Å². The van der Waals surface area contributed by atoms with E-state index in [1.54, 1.807) is 10.9 Å². The molecule has 15 heavy (non-hydrogen) atoms. The fraction of sp³-hybridized carbons (Fsp3) is 0.444. The largest absolute Gasteiger partial charge is 0.306 e. The summed E-state index contributed by atoms with van der Waals surface area (Å²) < 4.78 is 5.68. The highest BCUT2D eigenvalue weighted by Gasteiger charge is 2.16. The lowest BCUT2D eigenvalue weighted by Crippen LogP contribution is -2.20. The maximum atomic E-state index is 4.17. The highest BCUT2D eigenvalue weighted by Crippen LogP contribution is 2.22. The van der Waals surface area contributed by atoms with E-state index >= 15 is 0 Å². The first kappa shape index (κ1) is 10.3. The third-order valence-electron chi connectivity index (χ3n) is 2.13. The fourth-order valence-corrected chi connectivity index (χ4v) is 2.09. The topological polar surface area (TPSA) is 55.6 Å². The maximum absolute atomic E-state index is 4.17. The van der Waals surface area contributed by atoms with Crippen LogP contribution >= 0.6 is 11.5 Å². The van der Waals surface area contributed by atoms with Crippen LogP contribution < -0.4 is 5.32 Å². The minimum absolute atomic E-state index is 0.156. The second-order valence-corrected chi connectivity index (χ2v) is 4.08. The lowest BCUT2D eigenvalue weighted by molar-refractivity contribution is 0.637. The average molecular weight is 223 g/mol. The molecule has 1 N–H and O–H groups in total. The van der Waals surface area contributed by atoms with Crippen molar-refractivity contribution in [2.45, 2.75) is 13.0 Å². The first-order valence-corrected chi connectivity index (χ1v) is 5.57. The highest BCUT2D eigenvalue weighted by atomic mass is 32.1. The predicted octanol–water partition coefficient (Wildman–Crippen LogP) is 0.970. The van der Waals surface area contributed by atoms with Crippen molar-refractivity contribution in [3.05, 3.63) is 29.0 Å². The van der Waals surface area contributed by atoms with E-state index in [1.807, 2.05) is 19.4 Å². The Kier molecular flexibility index (Phi) is 3.08. The number of aromatic nitrogens is 4. The van der Waals surface area contributed by atoms with Gasteiger partial charge >= 0.3 is 0 Å². The van der Waals surface area contributed by atoms with Crippen LogP contribution in [0.5, 0.6) is 0 Å². The molecule has 6 heteroatoms. The van der Waals surface area contributed by atoms with Crippen molar-refractivity contribution >= 4 is 11.5 Å². The third kappa shape index (κ3) is 2.21. The van der Waals surface area contributed by atoms with Gasteiger partial charge in [-0.05, 0) is 18.1 Å². The highest BCUT2D eigenvalue weighted by molar-refractivity contribution is 7.05. The van der Waals surface area contributed by atoms with Crippen molar-refractivity contribution in [2.75, 3.05) is 6.54 Å². The van der Waals surface area contributed by atoms with Crippen LogP contribution in [0.25, 0.3) is 0 Å². The number of nitrogens with one attached hydrogen (secondary N) is 1. The smallest absolute Gasteiger partial charge is 0.0734 e. The van der Waals surface area contributed by atoms with Gasteiger partial charge in [0.15, 0.2) is 0 Å². The molecule has 1 unspecified atom stereocenters. The van der Waals surface area contributed by atoms with Gasteiger partial charge in [0.05, 0.1) is 23.3 Å². The molecule has 0 aliphatic heterocycles. The van der Waals surface area contributed by atoms with Crippen LogP contribution in [0.3, 0.4) is 0 Å². The van der Waals surface area contributed by atoms with E-state index in [2.05, 4.69) is 26.9 Å². The molecule has 1 atom stereocenters. The predicted molar refractivity (Wildman–Crippen MR) is 58.6 cm³/mol. The first-order chi connectivity index (χ1) is 7.31. The average Bonchev–Trinajstić information content (AvgIpc) is 2.85. The zero-order valence-electron chi connectivity index (χ0n) is 8.71. The van der Waals surface area contributed by atoms with Gasteiger partial charge in [0.2, 0.25) is 0 Å². The molecule has 2 aromatic heterocycles. The number of hydrogen-bond acceptors (Lipinski definition) is 5. The number of rotatable bonds is 4. The van der Waals surface area contributed by atoms with Crippen LogP contribution in [0, 0.1) is 0 Å². The molecule has 2 aromatic rings. The molecular weight excluding hydrogens is 210 g/mol. The van der Waals surface area contributed by atoms with Crippen LogP contribution in [0.15, 0.2) is 18.6 Å². The monoisotopic (exact) mass is 223 g/mol. The van der Waals surface area contributed by atoms with Crippen molar-refractivity contribution in [1.29, 1.82) is 0 Å². The molecule has 80 valence electrons. The van der Waals surface area contributed by atoms with Gasteiger partial charge in [-0.25, -0.2) is 0 Å². The molecule has 0 aromatic carbocycles. The molecule has 0 spiro atoms. The Labute approximate surface area is 92.3 Å². The van der Waals surface area contributed by atoms with Gasteiger partial charge in [-0.15, -0.1) is 5.10 Å². The summed E-state index contributed by atoms with van der Waals surface area (Å²) >= 11 is 1.41. The fourth-order valence-electron chi connectivity index (χ4n) is 1.48. The zero-order chi connectivity index (χ0) is 10.7. The van der Waals surface area contributed by atoms with Crippen LogP contribution in [0.2, 0.25) is 0 Å². The van der Waals surface area contributed by atoms with Gasteiger partial charge in [-0.3, -0.25) is 4.68 Å². The lowest BCUT2D eigenvalue weighted by atomic mass is 10.1. The Morgan fingerprint density at radius 1 is 1.53 bits per heavy atom. The van der Waals surface area contributed by atoms with E-state index in [0.29, 0.717) is 0 Å². The van der Waals surface area contributed by atoms with Crippen molar-refractivity contribution in [1.82, 2.24) is 24.7 Å². The summed E-state index contributed by atoms with van der Waals surface area (Å²) in [7, 11) is 1.91. The number of aryl methyl sites for hydroxylation is 1. The number of nitrogens with zero attached hydrogens (tertiary/aromatic N) is 4. The molecule has 2 heterocycles. The molecular formula is C9H13N5S. The Hall–Kier alpha value is -1.27. The van der Waals surface area contributed by atoms with Gasteiger partial charge < -0.3 is 5.32 Å². The maximum Gasteiger partial charge on any atom is 0.0734 e. The van der Waals surface area contributed by atoms with Crippen molar-refractivity contribution in [3.63, 3.8) is 0 Å².